The second-order valence-corrected chi connectivity index (χ2v) is 6.88. The van der Waals surface area contributed by atoms with Crippen molar-refractivity contribution in [1.82, 2.24) is 0 Å². The lowest BCUT2D eigenvalue weighted by Gasteiger charge is -2.16. The molecule has 0 saturated heterocycles. The monoisotopic (exact) mass is 324 g/mol. The lowest BCUT2D eigenvalue weighted by molar-refractivity contribution is 0.474. The summed E-state index contributed by atoms with van der Waals surface area (Å²) < 4.78 is 0. The van der Waals surface area contributed by atoms with Crippen molar-refractivity contribution in [1.29, 1.82) is 0 Å². The van der Waals surface area contributed by atoms with Gasteiger partial charge >= 0.3 is 0 Å². The molecule has 1 heteroatoms. The van der Waals surface area contributed by atoms with E-state index >= 15 is 0 Å². The molecule has 0 aliphatic carbocycles. The maximum absolute atomic E-state index is 9.45. The maximum Gasteiger partial charge on any atom is 0.115 e. The van der Waals surface area contributed by atoms with Crippen LogP contribution in [-0.2, 0) is 12.8 Å². The zero-order valence-corrected chi connectivity index (χ0v) is 15.3. The summed E-state index contributed by atoms with van der Waals surface area (Å²) in [5, 5.41) is 9.45. The number of hydrogen-bond acceptors (Lipinski definition) is 1. The van der Waals surface area contributed by atoms with Gasteiger partial charge in [-0.2, -0.15) is 0 Å². The number of unbranched alkanes of at least 4 members (excludes halogenated alkanes) is 4. The second-order valence-electron chi connectivity index (χ2n) is 6.88. The van der Waals surface area contributed by atoms with Gasteiger partial charge in [-0.05, 0) is 60.4 Å². The van der Waals surface area contributed by atoms with Crippen molar-refractivity contribution in [2.24, 2.45) is 0 Å². The van der Waals surface area contributed by atoms with Crippen molar-refractivity contribution in [3.8, 4) is 5.75 Å². The van der Waals surface area contributed by atoms with Gasteiger partial charge in [0.2, 0.25) is 0 Å². The van der Waals surface area contributed by atoms with Crippen LogP contribution in [0.25, 0.3) is 0 Å². The molecule has 0 bridgehead atoms. The highest BCUT2D eigenvalue weighted by atomic mass is 16.3. The first-order valence-electron chi connectivity index (χ1n) is 9.59. The van der Waals surface area contributed by atoms with Gasteiger partial charge in [0.25, 0.3) is 0 Å². The van der Waals surface area contributed by atoms with Gasteiger partial charge < -0.3 is 5.11 Å². The highest BCUT2D eigenvalue weighted by Crippen LogP contribution is 2.26. The molecule has 0 spiro atoms. The van der Waals surface area contributed by atoms with Crippen LogP contribution in [0.1, 0.15) is 75.0 Å². The molecule has 1 nitrogen and oxygen atoms in total. The van der Waals surface area contributed by atoms with E-state index < -0.39 is 0 Å². The van der Waals surface area contributed by atoms with Crippen molar-refractivity contribution in [3.05, 3.63) is 65.2 Å². The first-order chi connectivity index (χ1) is 11.7. The first-order valence-corrected chi connectivity index (χ1v) is 9.59. The van der Waals surface area contributed by atoms with E-state index in [2.05, 4.69) is 38.1 Å². The van der Waals surface area contributed by atoms with Gasteiger partial charge in [0.05, 0.1) is 0 Å². The van der Waals surface area contributed by atoms with E-state index in [-0.39, 0.29) is 0 Å². The summed E-state index contributed by atoms with van der Waals surface area (Å²) in [4.78, 5) is 0. The minimum absolute atomic E-state index is 0.344. The van der Waals surface area contributed by atoms with Crippen LogP contribution < -0.4 is 0 Å². The molecule has 24 heavy (non-hydrogen) atoms. The number of rotatable bonds is 10. The molecule has 2 aromatic rings. The van der Waals surface area contributed by atoms with Crippen molar-refractivity contribution >= 4 is 0 Å². The van der Waals surface area contributed by atoms with Crippen LogP contribution in [-0.4, -0.2) is 5.11 Å². The molecule has 0 aromatic heterocycles. The number of benzene rings is 2. The maximum atomic E-state index is 9.45. The zero-order valence-electron chi connectivity index (χ0n) is 15.3. The smallest absolute Gasteiger partial charge is 0.115 e. The van der Waals surface area contributed by atoms with Gasteiger partial charge in [0.15, 0.2) is 0 Å². The molecular weight excluding hydrogens is 292 g/mol. The van der Waals surface area contributed by atoms with Crippen LogP contribution in [0.2, 0.25) is 0 Å². The zero-order chi connectivity index (χ0) is 17.2. The molecule has 1 unspecified atom stereocenters. The molecule has 1 atom stereocenters. The number of aryl methyl sites for hydroxylation is 1. The molecule has 130 valence electrons. The fourth-order valence-electron chi connectivity index (χ4n) is 3.30. The summed E-state index contributed by atoms with van der Waals surface area (Å²) in [7, 11) is 0. The average molecular weight is 325 g/mol. The molecule has 2 rings (SSSR count). The Morgan fingerprint density at radius 1 is 0.750 bits per heavy atom. The number of phenolic OH excluding ortho intramolecular Hbond substituents is 1. The quantitative estimate of drug-likeness (QED) is 0.486. The standard InChI is InChI=1S/C23H32O/c1-3-5-6-7-8-9-19-10-12-20(13-11-19)18-21(4-2)22-14-16-23(24)17-15-22/h10-17,21,24H,3-9,18H2,1-2H3. The van der Waals surface area contributed by atoms with Crippen LogP contribution in [0.5, 0.6) is 5.75 Å². The fraction of sp³-hybridized carbons (Fsp3) is 0.478. The van der Waals surface area contributed by atoms with Gasteiger partial charge in [0, 0.05) is 0 Å². The van der Waals surface area contributed by atoms with Crippen LogP contribution in [0.3, 0.4) is 0 Å². The third kappa shape index (κ3) is 6.03. The molecule has 0 aliphatic rings. The Bertz CT molecular complexity index is 568. The Morgan fingerprint density at radius 3 is 2.00 bits per heavy atom. The molecule has 0 fully saturated rings. The average Bonchev–Trinajstić information content (AvgIpc) is 2.61. The Labute approximate surface area is 147 Å². The largest absolute Gasteiger partial charge is 0.508 e. The molecule has 0 amide bonds. The van der Waals surface area contributed by atoms with Crippen molar-refractivity contribution < 1.29 is 5.11 Å². The van der Waals surface area contributed by atoms with E-state index in [1.54, 1.807) is 12.1 Å². The van der Waals surface area contributed by atoms with Crippen LogP contribution in [0, 0.1) is 0 Å². The van der Waals surface area contributed by atoms with E-state index in [1.165, 1.54) is 55.2 Å². The second kappa shape index (κ2) is 10.2. The van der Waals surface area contributed by atoms with E-state index in [9.17, 15) is 5.11 Å². The van der Waals surface area contributed by atoms with Crippen LogP contribution >= 0.6 is 0 Å². The van der Waals surface area contributed by atoms with Gasteiger partial charge in [0.1, 0.15) is 5.75 Å². The minimum Gasteiger partial charge on any atom is -0.508 e. The predicted molar refractivity (Wildman–Crippen MR) is 104 cm³/mol. The van der Waals surface area contributed by atoms with Gasteiger partial charge in [-0.25, -0.2) is 0 Å². The Balaban J connectivity index is 1.86. The third-order valence-electron chi connectivity index (χ3n) is 4.93. The van der Waals surface area contributed by atoms with E-state index in [0.717, 1.165) is 12.8 Å². The number of hydrogen-bond donors (Lipinski definition) is 1. The van der Waals surface area contributed by atoms with Gasteiger partial charge in [-0.1, -0.05) is 75.9 Å². The normalized spacial score (nSPS) is 12.2. The predicted octanol–water partition coefficient (Wildman–Crippen LogP) is 6.64. The highest BCUT2D eigenvalue weighted by Gasteiger charge is 2.10. The summed E-state index contributed by atoms with van der Waals surface area (Å²) in [6, 6.07) is 16.9. The molecule has 0 radical (unpaired) electrons. The van der Waals surface area contributed by atoms with Crippen molar-refractivity contribution in [3.63, 3.8) is 0 Å². The van der Waals surface area contributed by atoms with Gasteiger partial charge in [-0.3, -0.25) is 0 Å². The molecule has 2 aromatic carbocycles. The van der Waals surface area contributed by atoms with E-state index in [1.807, 2.05) is 12.1 Å². The van der Waals surface area contributed by atoms with E-state index in [4.69, 9.17) is 0 Å². The Hall–Kier alpha value is -1.76. The highest BCUT2D eigenvalue weighted by molar-refractivity contribution is 5.30. The number of aromatic hydroxyl groups is 1. The molecule has 1 N–H and O–H groups in total. The summed E-state index contributed by atoms with van der Waals surface area (Å²) >= 11 is 0. The van der Waals surface area contributed by atoms with Crippen molar-refractivity contribution in [2.45, 2.75) is 71.1 Å². The first kappa shape index (κ1) is 18.6. The van der Waals surface area contributed by atoms with Crippen molar-refractivity contribution in [2.75, 3.05) is 0 Å². The third-order valence-corrected chi connectivity index (χ3v) is 4.93. The van der Waals surface area contributed by atoms with Gasteiger partial charge in [-0.15, -0.1) is 0 Å². The Morgan fingerprint density at radius 2 is 1.38 bits per heavy atom. The Kier molecular flexibility index (Phi) is 7.88. The topological polar surface area (TPSA) is 20.2 Å². The summed E-state index contributed by atoms with van der Waals surface area (Å²) in [6.45, 7) is 4.50. The molecule has 0 saturated carbocycles. The minimum atomic E-state index is 0.344. The molecular formula is C23H32O. The molecule has 0 heterocycles. The SMILES string of the molecule is CCCCCCCc1ccc(CC(CC)c2ccc(O)cc2)cc1. The van der Waals surface area contributed by atoms with Crippen LogP contribution in [0.15, 0.2) is 48.5 Å². The number of phenols is 1. The lowest BCUT2D eigenvalue weighted by atomic mass is 9.89. The van der Waals surface area contributed by atoms with Crippen LogP contribution in [0.4, 0.5) is 0 Å². The lowest BCUT2D eigenvalue weighted by Crippen LogP contribution is -2.02. The summed E-state index contributed by atoms with van der Waals surface area (Å²) in [6.07, 6.45) is 10.1. The fourth-order valence-corrected chi connectivity index (χ4v) is 3.30. The van der Waals surface area contributed by atoms with E-state index in [0.29, 0.717) is 11.7 Å². The summed E-state index contributed by atoms with van der Waals surface area (Å²) in [5.74, 6) is 0.863. The molecule has 0 aliphatic heterocycles. The summed E-state index contributed by atoms with van der Waals surface area (Å²) in [5.41, 5.74) is 4.19.